The zero-order chi connectivity index (χ0) is 30.0. The zero-order valence-corrected chi connectivity index (χ0v) is 22.3. The van der Waals surface area contributed by atoms with Gasteiger partial charge in [-0.1, -0.05) is 11.6 Å². The highest BCUT2D eigenvalue weighted by Gasteiger charge is 2.35. The number of nitrogens with zero attached hydrogens (tertiary/aromatic N) is 2. The third-order valence-corrected chi connectivity index (χ3v) is 5.33. The lowest BCUT2D eigenvalue weighted by Crippen LogP contribution is -2.37. The molecule has 0 saturated heterocycles. The van der Waals surface area contributed by atoms with Crippen LogP contribution in [0.5, 0.6) is 17.2 Å². The number of hydrogen-bond donors (Lipinski definition) is 2. The van der Waals surface area contributed by atoms with Crippen LogP contribution in [0.3, 0.4) is 0 Å². The fourth-order valence-corrected chi connectivity index (χ4v) is 3.54. The Morgan fingerprint density at radius 2 is 1.77 bits per heavy atom. The quantitative estimate of drug-likeness (QED) is 0.206. The molecular weight excluding hydrogens is 586 g/mol. The molecule has 0 aliphatic rings. The number of benzene rings is 2. The molecule has 0 saturated carbocycles. The van der Waals surface area contributed by atoms with Crippen LogP contribution in [0.25, 0.3) is 0 Å². The lowest BCUT2D eigenvalue weighted by Gasteiger charge is -2.24. The van der Waals surface area contributed by atoms with Gasteiger partial charge < -0.3 is 14.8 Å². The van der Waals surface area contributed by atoms with Crippen LogP contribution in [0.4, 0.5) is 23.2 Å². The number of nitrogens with one attached hydrogen (secondary N) is 1. The van der Waals surface area contributed by atoms with Crippen LogP contribution in [0.1, 0.15) is 15.9 Å². The molecule has 0 bridgehead atoms. The number of carbonyl (C=O) groups is 1. The molecular formula is C20H17B3ClF4N3O8S. The van der Waals surface area contributed by atoms with E-state index in [4.69, 9.17) is 25.6 Å². The number of carbonyl (C=O) groups excluding carboxylic acids is 1. The first kappa shape index (κ1) is 31.0. The summed E-state index contributed by atoms with van der Waals surface area (Å²) < 4.78 is 100. The minimum absolute atomic E-state index is 0.165. The zero-order valence-electron chi connectivity index (χ0n) is 20.7. The monoisotopic (exact) mass is 603 g/mol. The Labute approximate surface area is 231 Å². The Kier molecular flexibility index (Phi) is 8.93. The number of amides is 1. The van der Waals surface area contributed by atoms with Crippen molar-refractivity contribution in [1.82, 2.24) is 9.78 Å². The molecule has 1 heterocycles. The summed E-state index contributed by atoms with van der Waals surface area (Å²) >= 11 is 5.81. The van der Waals surface area contributed by atoms with Crippen molar-refractivity contribution in [2.75, 3.05) is 5.32 Å². The minimum Gasteiger partial charge on any atom is -0.510 e. The van der Waals surface area contributed by atoms with E-state index in [2.05, 4.69) is 14.6 Å². The second-order valence-corrected chi connectivity index (χ2v) is 10.4. The van der Waals surface area contributed by atoms with Gasteiger partial charge in [0.25, 0.3) is 11.5 Å². The van der Waals surface area contributed by atoms with E-state index < -0.39 is 67.8 Å². The Bertz CT molecular complexity index is 1620. The normalized spacial score (nSPS) is 12.2. The molecule has 1 aromatic heterocycles. The average Bonchev–Trinajstić information content (AvgIpc) is 2.78. The largest absolute Gasteiger partial charge is 0.510 e. The van der Waals surface area contributed by atoms with Crippen molar-refractivity contribution >= 4 is 57.1 Å². The maximum atomic E-state index is 13.9. The molecule has 3 aromatic rings. The molecule has 3 rings (SSSR count). The van der Waals surface area contributed by atoms with Crippen molar-refractivity contribution < 1.29 is 49.0 Å². The van der Waals surface area contributed by atoms with Gasteiger partial charge in [0, 0.05) is 17.4 Å². The highest BCUT2D eigenvalue weighted by molar-refractivity contribution is 7.80. The average molecular weight is 603 g/mol. The van der Waals surface area contributed by atoms with E-state index in [1.54, 1.807) is 23.5 Å². The van der Waals surface area contributed by atoms with Crippen LogP contribution in [0.2, 0.25) is 5.02 Å². The SMILES string of the molecule is BC(B)(B)Oc1cc(F)ccc1Oc1cc(C(F)(F)F)c(Cl)cc1C(=O)Nc1cnn(COS(=O)(=O)O)c(=O)c1. The lowest BCUT2D eigenvalue weighted by molar-refractivity contribution is -0.137. The molecule has 2 N–H and O–H groups in total. The van der Waals surface area contributed by atoms with E-state index in [0.717, 1.165) is 30.5 Å². The van der Waals surface area contributed by atoms with Crippen molar-refractivity contribution in [2.24, 2.45) is 0 Å². The van der Waals surface area contributed by atoms with Crippen LogP contribution in [0, 0.1) is 5.82 Å². The Hall–Kier alpha value is -3.54. The summed E-state index contributed by atoms with van der Waals surface area (Å²) in [4.78, 5) is 25.2. The number of hydrogen-bond acceptors (Lipinski definition) is 8. The number of ether oxygens (including phenoxy) is 2. The van der Waals surface area contributed by atoms with Gasteiger partial charge in [-0.15, -0.1) is 0 Å². The molecule has 0 radical (unpaired) electrons. The molecule has 1 amide bonds. The van der Waals surface area contributed by atoms with Crippen molar-refractivity contribution in [1.29, 1.82) is 0 Å². The maximum Gasteiger partial charge on any atom is 0.417 e. The second-order valence-electron chi connectivity index (χ2n) is 8.94. The Morgan fingerprint density at radius 1 is 1.10 bits per heavy atom. The molecule has 2 aromatic carbocycles. The smallest absolute Gasteiger partial charge is 0.417 e. The van der Waals surface area contributed by atoms with Gasteiger partial charge in [0.1, 0.15) is 35.1 Å². The van der Waals surface area contributed by atoms with Crippen LogP contribution < -0.4 is 20.3 Å². The molecule has 20 heteroatoms. The van der Waals surface area contributed by atoms with Gasteiger partial charge in [-0.3, -0.25) is 14.1 Å². The van der Waals surface area contributed by atoms with Crippen molar-refractivity contribution in [3.05, 3.63) is 74.9 Å². The van der Waals surface area contributed by atoms with Gasteiger partial charge in [0.15, 0.2) is 18.2 Å². The van der Waals surface area contributed by atoms with Gasteiger partial charge in [-0.2, -0.15) is 26.7 Å². The molecule has 0 atom stereocenters. The van der Waals surface area contributed by atoms with E-state index in [-0.39, 0.29) is 17.2 Å². The number of aromatic nitrogens is 2. The van der Waals surface area contributed by atoms with Crippen LogP contribution in [-0.4, -0.2) is 57.5 Å². The fourth-order valence-electron chi connectivity index (χ4n) is 3.04. The molecule has 210 valence electrons. The summed E-state index contributed by atoms with van der Waals surface area (Å²) in [5.74, 6) is -2.83. The van der Waals surface area contributed by atoms with Gasteiger partial charge >= 0.3 is 16.6 Å². The summed E-state index contributed by atoms with van der Waals surface area (Å²) in [6.07, 6.45) is -4.04. The minimum atomic E-state index is -4.93. The molecule has 0 fully saturated rings. The number of rotatable bonds is 9. The van der Waals surface area contributed by atoms with Crippen LogP contribution in [-0.2, 0) is 27.5 Å². The molecule has 11 nitrogen and oxygen atoms in total. The number of anilines is 1. The molecule has 0 spiro atoms. The van der Waals surface area contributed by atoms with E-state index >= 15 is 0 Å². The van der Waals surface area contributed by atoms with E-state index in [1.165, 1.54) is 0 Å². The predicted molar refractivity (Wildman–Crippen MR) is 141 cm³/mol. The fraction of sp³-hybridized carbons (Fsp3) is 0.150. The van der Waals surface area contributed by atoms with Crippen LogP contribution in [0.15, 0.2) is 47.4 Å². The van der Waals surface area contributed by atoms with Gasteiger partial charge in [0.05, 0.1) is 28.0 Å². The predicted octanol–water partition coefficient (Wildman–Crippen LogP) is 0.766. The topological polar surface area (TPSA) is 146 Å². The van der Waals surface area contributed by atoms with Gasteiger partial charge in [-0.05, 0) is 24.3 Å². The third-order valence-electron chi connectivity index (χ3n) is 4.61. The summed E-state index contributed by atoms with van der Waals surface area (Å²) in [5.41, 5.74) is -3.07. The van der Waals surface area contributed by atoms with E-state index in [9.17, 15) is 35.6 Å². The summed E-state index contributed by atoms with van der Waals surface area (Å²) in [5, 5.41) is 4.10. The Morgan fingerprint density at radius 3 is 2.35 bits per heavy atom. The molecule has 0 aliphatic heterocycles. The highest BCUT2D eigenvalue weighted by Crippen LogP contribution is 2.41. The van der Waals surface area contributed by atoms with Gasteiger partial charge in [0.2, 0.25) is 0 Å². The number of halogens is 5. The van der Waals surface area contributed by atoms with Crippen molar-refractivity contribution in [2.45, 2.75) is 18.2 Å². The first-order valence-corrected chi connectivity index (χ1v) is 12.6. The summed E-state index contributed by atoms with van der Waals surface area (Å²) in [6.45, 7) is -0.977. The third kappa shape index (κ3) is 8.48. The Balaban J connectivity index is 2.01. The first-order valence-electron chi connectivity index (χ1n) is 10.9. The van der Waals surface area contributed by atoms with E-state index in [1.807, 2.05) is 0 Å². The van der Waals surface area contributed by atoms with Gasteiger partial charge in [-0.25, -0.2) is 13.3 Å². The molecule has 40 heavy (non-hydrogen) atoms. The van der Waals surface area contributed by atoms with Crippen LogP contribution >= 0.6 is 11.6 Å². The standard InChI is InChI=1S/C20H17B3ClF4N3O8S/c21-20(22,23)39-16-3-9(25)1-2-14(16)38-15-6-12(19(26,27)28)13(24)5-11(15)18(33)30-10-4-17(32)31(29-7-10)8-37-40(34,35)36/h1-7H,8,21-23H2,(H,30,33)(H,34,35,36). The van der Waals surface area contributed by atoms with Crippen molar-refractivity contribution in [3.63, 3.8) is 0 Å². The number of alkyl halides is 3. The van der Waals surface area contributed by atoms with E-state index in [0.29, 0.717) is 16.8 Å². The van der Waals surface area contributed by atoms with Crippen molar-refractivity contribution in [3.8, 4) is 17.2 Å². The first-order chi connectivity index (χ1) is 18.3. The second kappa shape index (κ2) is 11.5. The summed E-state index contributed by atoms with van der Waals surface area (Å²) in [7, 11) is 0.0461. The molecule has 0 aliphatic carbocycles. The molecule has 0 unspecified atom stereocenters. The maximum absolute atomic E-state index is 13.9. The highest BCUT2D eigenvalue weighted by atomic mass is 35.5. The summed E-state index contributed by atoms with van der Waals surface area (Å²) in [6, 6.07) is 4.98. The lowest BCUT2D eigenvalue weighted by atomic mass is 9.52.